The smallest absolute Gasteiger partial charge is 0.456 e. The van der Waals surface area contributed by atoms with Crippen LogP contribution in [0, 0.1) is 0 Å². The maximum absolute atomic E-state index is 13.5. The topological polar surface area (TPSA) is 111 Å². The van der Waals surface area contributed by atoms with Crippen molar-refractivity contribution >= 4 is 19.7 Å². The minimum absolute atomic E-state index is 0.0394. The summed E-state index contributed by atoms with van der Waals surface area (Å²) in [7, 11) is 1.50. The number of esters is 1. The highest BCUT2D eigenvalue weighted by Crippen LogP contribution is 2.43. The summed E-state index contributed by atoms with van der Waals surface area (Å²) in [5, 5.41) is 3.05. The third-order valence-corrected chi connectivity index (χ3v) is 14.6. The summed E-state index contributed by atoms with van der Waals surface area (Å²) in [4.78, 5) is 37.6. The number of carbonyl (C=O) groups is 2. The molecule has 0 heterocycles. The lowest BCUT2D eigenvalue weighted by Gasteiger charge is -2.27. The van der Waals surface area contributed by atoms with Gasteiger partial charge in [0.2, 0.25) is 5.91 Å². The van der Waals surface area contributed by atoms with Crippen molar-refractivity contribution in [1.29, 1.82) is 0 Å². The molecule has 0 saturated heterocycles. The molecule has 3 unspecified atom stereocenters. The van der Waals surface area contributed by atoms with Crippen LogP contribution >= 0.6 is 7.82 Å². The molecule has 0 saturated carbocycles. The first-order valence-electron chi connectivity index (χ1n) is 31.3. The molecule has 0 aliphatic heterocycles. The van der Waals surface area contributed by atoms with Crippen LogP contribution in [0.1, 0.15) is 278 Å². The number of nitrogens with one attached hydrogen (secondary N) is 1. The number of phosphoric acid groups is 1. The molecule has 1 amide bonds. The van der Waals surface area contributed by atoms with Crippen LogP contribution in [0.3, 0.4) is 0 Å². The molecule has 0 aromatic carbocycles. The molecule has 2 N–H and O–H groups in total. The van der Waals surface area contributed by atoms with Crippen molar-refractivity contribution in [3.05, 3.63) is 72.9 Å². The average molecular weight is 1070 g/mol. The molecule has 0 radical (unpaired) electrons. The van der Waals surface area contributed by atoms with Crippen LogP contribution in [0.15, 0.2) is 72.9 Å². The van der Waals surface area contributed by atoms with E-state index in [1.54, 1.807) is 0 Å². The first-order valence-corrected chi connectivity index (χ1v) is 32.8. The van der Waals surface area contributed by atoms with Gasteiger partial charge in [0, 0.05) is 12.8 Å². The van der Waals surface area contributed by atoms with Gasteiger partial charge in [-0.25, -0.2) is 4.57 Å². The Labute approximate surface area is 463 Å². The number of quaternary nitrogens is 1. The van der Waals surface area contributed by atoms with E-state index in [-0.39, 0.29) is 31.5 Å². The molecule has 10 heteroatoms. The molecule has 0 rings (SSSR count). The number of amides is 1. The van der Waals surface area contributed by atoms with E-state index < -0.39 is 20.0 Å². The Hall–Kier alpha value is -2.55. The van der Waals surface area contributed by atoms with Crippen LogP contribution < -0.4 is 5.32 Å². The molecule has 0 aliphatic carbocycles. The highest BCUT2D eigenvalue weighted by molar-refractivity contribution is 7.47. The van der Waals surface area contributed by atoms with E-state index in [0.717, 1.165) is 89.9 Å². The summed E-state index contributed by atoms with van der Waals surface area (Å²) < 4.78 is 30.6. The number of hydrogen-bond donors (Lipinski definition) is 2. The molecular formula is C65H120N2O7P+. The van der Waals surface area contributed by atoms with Crippen molar-refractivity contribution in [3.63, 3.8) is 0 Å². The summed E-state index contributed by atoms with van der Waals surface area (Å²) >= 11 is 0. The van der Waals surface area contributed by atoms with E-state index in [0.29, 0.717) is 17.4 Å². The lowest BCUT2D eigenvalue weighted by molar-refractivity contribution is -0.870. The zero-order valence-electron chi connectivity index (χ0n) is 49.8. The molecule has 0 aromatic heterocycles. The molecule has 436 valence electrons. The van der Waals surface area contributed by atoms with E-state index in [9.17, 15) is 19.0 Å². The van der Waals surface area contributed by atoms with Crippen molar-refractivity contribution in [3.8, 4) is 0 Å². The van der Waals surface area contributed by atoms with Gasteiger partial charge in [0.25, 0.3) is 0 Å². The van der Waals surface area contributed by atoms with Crippen LogP contribution in [0.2, 0.25) is 0 Å². The number of carbonyl (C=O) groups excluding carboxylic acids is 2. The number of ether oxygens (including phenoxy) is 1. The lowest BCUT2D eigenvalue weighted by Crippen LogP contribution is -2.47. The minimum atomic E-state index is -4.44. The third-order valence-electron chi connectivity index (χ3n) is 13.7. The van der Waals surface area contributed by atoms with Crippen molar-refractivity contribution < 1.29 is 37.3 Å². The quantitative estimate of drug-likeness (QED) is 0.0205. The van der Waals surface area contributed by atoms with Gasteiger partial charge in [-0.1, -0.05) is 261 Å². The number of phosphoric ester groups is 1. The Balaban J connectivity index is 5.01. The average Bonchev–Trinajstić information content (AvgIpc) is 3.37. The van der Waals surface area contributed by atoms with E-state index in [4.69, 9.17) is 13.8 Å². The van der Waals surface area contributed by atoms with Gasteiger partial charge in [0.05, 0.1) is 33.8 Å². The highest BCUT2D eigenvalue weighted by Gasteiger charge is 2.30. The van der Waals surface area contributed by atoms with E-state index >= 15 is 0 Å². The van der Waals surface area contributed by atoms with Crippen LogP contribution in [0.4, 0.5) is 0 Å². The van der Waals surface area contributed by atoms with Gasteiger partial charge in [-0.3, -0.25) is 18.6 Å². The van der Waals surface area contributed by atoms with E-state index in [1.165, 1.54) is 154 Å². The fraction of sp³-hybridized carbons (Fsp3) is 0.785. The summed E-state index contributed by atoms with van der Waals surface area (Å²) in [6.07, 6.45) is 70.5. The third kappa shape index (κ3) is 56.0. The predicted molar refractivity (Wildman–Crippen MR) is 323 cm³/mol. The lowest BCUT2D eigenvalue weighted by atomic mass is 10.0. The highest BCUT2D eigenvalue weighted by atomic mass is 31.2. The van der Waals surface area contributed by atoms with Crippen LogP contribution in [-0.4, -0.2) is 74.3 Å². The molecule has 0 aromatic rings. The number of nitrogens with zero attached hydrogens (tertiary/aromatic N) is 1. The van der Waals surface area contributed by atoms with Crippen molar-refractivity contribution in [2.45, 2.75) is 290 Å². The van der Waals surface area contributed by atoms with Crippen LogP contribution in [0.5, 0.6) is 0 Å². The summed E-state index contributed by atoms with van der Waals surface area (Å²) in [5.74, 6) is -0.506. The van der Waals surface area contributed by atoms with Gasteiger partial charge in [0.15, 0.2) is 0 Å². The predicted octanol–water partition coefficient (Wildman–Crippen LogP) is 19.2. The number of rotatable bonds is 56. The van der Waals surface area contributed by atoms with Crippen LogP contribution in [-0.2, 0) is 27.9 Å². The SMILES string of the molecule is CC/C=C\C/C=C\C/C=C\C/C=C\C/C=C\CCCCCCCCCCCCCC(=O)OC(/C=C\CCCCCCCCCCC)C(COP(=O)(O)OCC[N+](C)(C)C)NC(=O)CCCCCCCCCCCCC. The molecular weight excluding hydrogens is 952 g/mol. The zero-order valence-corrected chi connectivity index (χ0v) is 50.7. The van der Waals surface area contributed by atoms with E-state index in [1.807, 2.05) is 33.3 Å². The Morgan fingerprint density at radius 3 is 1.28 bits per heavy atom. The zero-order chi connectivity index (χ0) is 55.0. The monoisotopic (exact) mass is 1070 g/mol. The second-order valence-corrected chi connectivity index (χ2v) is 23.7. The van der Waals surface area contributed by atoms with Crippen LogP contribution in [0.25, 0.3) is 0 Å². The van der Waals surface area contributed by atoms with Gasteiger partial charge >= 0.3 is 13.8 Å². The number of unbranched alkanes of at least 4 members (excludes halogenated alkanes) is 30. The van der Waals surface area contributed by atoms with Gasteiger partial charge in [-0.05, 0) is 76.7 Å². The second-order valence-electron chi connectivity index (χ2n) is 22.2. The largest absolute Gasteiger partial charge is 0.472 e. The standard InChI is InChI=1S/C65H119N2O7P/c1-7-10-13-16-19-22-25-26-27-28-29-30-31-32-33-34-35-36-37-38-39-40-43-46-49-52-55-58-65(69)74-63(56-53-50-47-44-41-23-20-17-14-11-8-2)62(61-73-75(70,71)72-60-59-67(4,5)6)66-64(68)57-54-51-48-45-42-24-21-18-15-12-9-3/h10,13,19,22,26-27,29-30,32-33,53,56,62-63H,7-9,11-12,14-18,20-21,23-25,28,31,34-52,54-55,57-61H2,1-6H3,(H-,66,68,70,71)/p+1/b13-10-,22-19-,27-26-,30-29-,33-32-,56-53-. The fourth-order valence-corrected chi connectivity index (χ4v) is 9.59. The van der Waals surface area contributed by atoms with E-state index in [2.05, 4.69) is 86.8 Å². The van der Waals surface area contributed by atoms with Crippen molar-refractivity contribution in [2.24, 2.45) is 0 Å². The molecule has 0 fully saturated rings. The number of hydrogen-bond acceptors (Lipinski definition) is 6. The molecule has 0 spiro atoms. The molecule has 0 aliphatic rings. The van der Waals surface area contributed by atoms with Gasteiger partial charge in [-0.2, -0.15) is 0 Å². The Bertz CT molecular complexity index is 1510. The first kappa shape index (κ1) is 72.5. The molecule has 0 bridgehead atoms. The maximum atomic E-state index is 13.5. The first-order chi connectivity index (χ1) is 36.4. The molecule has 75 heavy (non-hydrogen) atoms. The van der Waals surface area contributed by atoms with Gasteiger partial charge in [0.1, 0.15) is 19.3 Å². The Kier molecular flexibility index (Phi) is 52.9. The Morgan fingerprint density at radius 1 is 0.480 bits per heavy atom. The summed E-state index contributed by atoms with van der Waals surface area (Å²) in [6.45, 7) is 6.89. The maximum Gasteiger partial charge on any atom is 0.472 e. The van der Waals surface area contributed by atoms with Crippen molar-refractivity contribution in [2.75, 3.05) is 40.9 Å². The molecule has 9 nitrogen and oxygen atoms in total. The Morgan fingerprint density at radius 2 is 0.853 bits per heavy atom. The normalized spacial score (nSPS) is 14.2. The van der Waals surface area contributed by atoms with Gasteiger partial charge < -0.3 is 19.4 Å². The van der Waals surface area contributed by atoms with Gasteiger partial charge in [-0.15, -0.1) is 0 Å². The number of likely N-dealkylation sites (N-methyl/N-ethyl adjacent to an activating group) is 1. The van der Waals surface area contributed by atoms with Crippen molar-refractivity contribution in [1.82, 2.24) is 5.32 Å². The fourth-order valence-electron chi connectivity index (χ4n) is 8.85. The summed E-state index contributed by atoms with van der Waals surface area (Å²) in [5.41, 5.74) is 0. The number of allylic oxidation sites excluding steroid dienone is 11. The second kappa shape index (κ2) is 54.8. The molecule has 3 atom stereocenters. The summed E-state index contributed by atoms with van der Waals surface area (Å²) in [6, 6.07) is -0.847. The minimum Gasteiger partial charge on any atom is -0.456 e.